The second kappa shape index (κ2) is 9.06. The SMILES string of the molecule is COc1ccc(NC2=C(c3ccccc3)C(=O)N(c3ccc(C(C)(C)C)cc3)C2=O)c(OC)c1. The molecule has 4 rings (SSSR count). The Morgan fingerprint density at radius 2 is 1.47 bits per heavy atom. The first-order valence-corrected chi connectivity index (χ1v) is 11.0. The average Bonchev–Trinajstić information content (AvgIpc) is 3.08. The lowest BCUT2D eigenvalue weighted by molar-refractivity contribution is -0.120. The van der Waals surface area contributed by atoms with Crippen molar-refractivity contribution in [2.45, 2.75) is 26.2 Å². The van der Waals surface area contributed by atoms with Crippen LogP contribution in [0.1, 0.15) is 31.9 Å². The molecule has 1 aliphatic rings. The molecule has 34 heavy (non-hydrogen) atoms. The summed E-state index contributed by atoms with van der Waals surface area (Å²) in [4.78, 5) is 28.5. The Balaban J connectivity index is 1.78. The van der Waals surface area contributed by atoms with Crippen LogP contribution in [0, 0.1) is 0 Å². The van der Waals surface area contributed by atoms with Crippen molar-refractivity contribution in [3.05, 3.63) is 89.6 Å². The Morgan fingerprint density at radius 1 is 0.794 bits per heavy atom. The summed E-state index contributed by atoms with van der Waals surface area (Å²) in [5, 5.41) is 3.16. The van der Waals surface area contributed by atoms with Crippen LogP contribution in [0.25, 0.3) is 5.57 Å². The van der Waals surface area contributed by atoms with Gasteiger partial charge in [-0.3, -0.25) is 9.59 Å². The van der Waals surface area contributed by atoms with Crippen molar-refractivity contribution in [1.29, 1.82) is 0 Å². The summed E-state index contributed by atoms with van der Waals surface area (Å²) in [6.07, 6.45) is 0. The largest absolute Gasteiger partial charge is 0.497 e. The van der Waals surface area contributed by atoms with Gasteiger partial charge in [0.25, 0.3) is 11.8 Å². The van der Waals surface area contributed by atoms with Gasteiger partial charge in [0.15, 0.2) is 0 Å². The van der Waals surface area contributed by atoms with Gasteiger partial charge in [-0.2, -0.15) is 0 Å². The molecule has 3 aromatic carbocycles. The van der Waals surface area contributed by atoms with E-state index < -0.39 is 5.91 Å². The Morgan fingerprint density at radius 3 is 2.06 bits per heavy atom. The molecule has 3 aromatic rings. The third-order valence-corrected chi connectivity index (χ3v) is 5.81. The van der Waals surface area contributed by atoms with Gasteiger partial charge in [-0.1, -0.05) is 63.2 Å². The zero-order valence-electron chi connectivity index (χ0n) is 20.0. The first kappa shape index (κ1) is 23.1. The first-order valence-electron chi connectivity index (χ1n) is 11.0. The first-order chi connectivity index (χ1) is 16.2. The second-order valence-electron chi connectivity index (χ2n) is 9.05. The topological polar surface area (TPSA) is 67.9 Å². The summed E-state index contributed by atoms with van der Waals surface area (Å²) < 4.78 is 10.8. The molecule has 0 aromatic heterocycles. The van der Waals surface area contributed by atoms with Gasteiger partial charge in [0.05, 0.1) is 31.2 Å². The van der Waals surface area contributed by atoms with Crippen LogP contribution in [0.3, 0.4) is 0 Å². The summed E-state index contributed by atoms with van der Waals surface area (Å²) >= 11 is 0. The highest BCUT2D eigenvalue weighted by molar-refractivity contribution is 6.46. The molecule has 2 amide bonds. The molecule has 0 spiro atoms. The van der Waals surface area contributed by atoms with Crippen LogP contribution in [-0.4, -0.2) is 26.0 Å². The summed E-state index contributed by atoms with van der Waals surface area (Å²) in [6.45, 7) is 6.36. The molecule has 0 aliphatic carbocycles. The second-order valence-corrected chi connectivity index (χ2v) is 9.05. The van der Waals surface area contributed by atoms with Gasteiger partial charge in [-0.15, -0.1) is 0 Å². The maximum atomic E-state index is 13.6. The van der Waals surface area contributed by atoms with E-state index in [1.54, 1.807) is 25.3 Å². The van der Waals surface area contributed by atoms with Crippen LogP contribution >= 0.6 is 0 Å². The van der Waals surface area contributed by atoms with Crippen molar-refractivity contribution in [3.8, 4) is 11.5 Å². The van der Waals surface area contributed by atoms with Crippen LogP contribution in [-0.2, 0) is 15.0 Å². The highest BCUT2D eigenvalue weighted by atomic mass is 16.5. The predicted octanol–water partition coefficient (Wildman–Crippen LogP) is 5.40. The van der Waals surface area contributed by atoms with E-state index in [0.29, 0.717) is 34.0 Å². The molecule has 1 N–H and O–H groups in total. The predicted molar refractivity (Wildman–Crippen MR) is 134 cm³/mol. The van der Waals surface area contributed by atoms with E-state index in [4.69, 9.17) is 9.47 Å². The number of nitrogens with one attached hydrogen (secondary N) is 1. The number of hydrogen-bond acceptors (Lipinski definition) is 5. The Labute approximate surface area is 199 Å². The highest BCUT2D eigenvalue weighted by Gasteiger charge is 2.40. The zero-order chi connectivity index (χ0) is 24.5. The van der Waals surface area contributed by atoms with E-state index in [9.17, 15) is 9.59 Å². The van der Waals surface area contributed by atoms with E-state index in [1.807, 2.05) is 54.6 Å². The highest BCUT2D eigenvalue weighted by Crippen LogP contribution is 2.37. The summed E-state index contributed by atoms with van der Waals surface area (Å²) in [7, 11) is 3.11. The quantitative estimate of drug-likeness (QED) is 0.503. The normalized spacial score (nSPS) is 14.0. The third kappa shape index (κ3) is 4.27. The lowest BCUT2D eigenvalue weighted by Crippen LogP contribution is -2.32. The number of carbonyl (C=O) groups excluding carboxylic acids is 2. The molecule has 6 nitrogen and oxygen atoms in total. The molecular formula is C28H28N2O4. The van der Waals surface area contributed by atoms with Crippen molar-refractivity contribution in [3.63, 3.8) is 0 Å². The van der Waals surface area contributed by atoms with Crippen molar-refractivity contribution in [2.75, 3.05) is 24.4 Å². The fraction of sp³-hybridized carbons (Fsp3) is 0.214. The van der Waals surface area contributed by atoms with Gasteiger partial charge >= 0.3 is 0 Å². The van der Waals surface area contributed by atoms with Crippen LogP contribution in [0.2, 0.25) is 0 Å². The van der Waals surface area contributed by atoms with Gasteiger partial charge < -0.3 is 14.8 Å². The van der Waals surface area contributed by atoms with E-state index in [-0.39, 0.29) is 17.0 Å². The van der Waals surface area contributed by atoms with E-state index in [0.717, 1.165) is 5.56 Å². The van der Waals surface area contributed by atoms with E-state index >= 15 is 0 Å². The van der Waals surface area contributed by atoms with Crippen molar-refractivity contribution in [2.24, 2.45) is 0 Å². The molecule has 0 bridgehead atoms. The minimum Gasteiger partial charge on any atom is -0.497 e. The molecule has 0 saturated carbocycles. The molecule has 1 aliphatic heterocycles. The Kier molecular flexibility index (Phi) is 6.16. The fourth-order valence-electron chi connectivity index (χ4n) is 3.90. The molecule has 1 heterocycles. The molecule has 0 fully saturated rings. The molecule has 0 radical (unpaired) electrons. The van der Waals surface area contributed by atoms with Crippen molar-refractivity contribution >= 4 is 28.8 Å². The third-order valence-electron chi connectivity index (χ3n) is 5.81. The summed E-state index contributed by atoms with van der Waals surface area (Å²) in [5.41, 5.74) is 3.32. The minimum atomic E-state index is -0.426. The van der Waals surface area contributed by atoms with Crippen LogP contribution in [0.5, 0.6) is 11.5 Å². The van der Waals surface area contributed by atoms with Gasteiger partial charge in [0, 0.05) is 6.07 Å². The van der Waals surface area contributed by atoms with Gasteiger partial charge in [0.1, 0.15) is 17.2 Å². The standard InChI is InChI=1S/C28H28N2O4/c1-28(2,3)19-11-13-20(14-12-19)30-26(31)24(18-9-7-6-8-10-18)25(27(30)32)29-22-16-15-21(33-4)17-23(22)34-5/h6-17,29H,1-5H3. The number of anilines is 2. The van der Waals surface area contributed by atoms with Crippen molar-refractivity contribution in [1.82, 2.24) is 0 Å². The number of nitrogens with zero attached hydrogens (tertiary/aromatic N) is 1. The summed E-state index contributed by atoms with van der Waals surface area (Å²) in [6, 6.07) is 22.0. The molecule has 6 heteroatoms. The smallest absolute Gasteiger partial charge is 0.282 e. The number of amides is 2. The molecule has 174 valence electrons. The van der Waals surface area contributed by atoms with E-state index in [2.05, 4.69) is 26.1 Å². The Hall–Kier alpha value is -4.06. The number of rotatable bonds is 6. The van der Waals surface area contributed by atoms with Crippen LogP contribution < -0.4 is 19.7 Å². The average molecular weight is 457 g/mol. The molecule has 0 unspecified atom stereocenters. The van der Waals surface area contributed by atoms with E-state index in [1.165, 1.54) is 12.0 Å². The Bertz CT molecular complexity index is 1260. The minimum absolute atomic E-state index is 0.0390. The summed E-state index contributed by atoms with van der Waals surface area (Å²) in [5.74, 6) is 0.307. The van der Waals surface area contributed by atoms with Crippen LogP contribution in [0.4, 0.5) is 11.4 Å². The monoisotopic (exact) mass is 456 g/mol. The molecule has 0 atom stereocenters. The maximum Gasteiger partial charge on any atom is 0.282 e. The number of benzene rings is 3. The number of carbonyl (C=O) groups is 2. The van der Waals surface area contributed by atoms with Crippen LogP contribution in [0.15, 0.2) is 78.5 Å². The van der Waals surface area contributed by atoms with Gasteiger partial charge in [-0.05, 0) is 40.8 Å². The van der Waals surface area contributed by atoms with Crippen molar-refractivity contribution < 1.29 is 19.1 Å². The zero-order valence-corrected chi connectivity index (χ0v) is 20.0. The number of ether oxygens (including phenoxy) is 2. The number of imide groups is 1. The van der Waals surface area contributed by atoms with Gasteiger partial charge in [0.2, 0.25) is 0 Å². The van der Waals surface area contributed by atoms with Gasteiger partial charge in [-0.25, -0.2) is 4.90 Å². The lowest BCUT2D eigenvalue weighted by atomic mass is 9.87. The lowest BCUT2D eigenvalue weighted by Gasteiger charge is -2.21. The number of methoxy groups -OCH3 is 2. The molecular weight excluding hydrogens is 428 g/mol. The number of hydrogen-bond donors (Lipinski definition) is 1. The fourth-order valence-corrected chi connectivity index (χ4v) is 3.90. The maximum absolute atomic E-state index is 13.6. The molecule has 0 saturated heterocycles.